The lowest BCUT2D eigenvalue weighted by Gasteiger charge is -2.21. The van der Waals surface area contributed by atoms with Crippen LogP contribution >= 0.6 is 0 Å². The Morgan fingerprint density at radius 1 is 0.750 bits per heavy atom. The molecule has 4 aromatic carbocycles. The molecule has 1 aliphatic rings. The van der Waals surface area contributed by atoms with E-state index in [1.807, 2.05) is 0 Å². The van der Waals surface area contributed by atoms with Crippen molar-refractivity contribution in [2.75, 3.05) is 45.2 Å². The normalized spacial score (nSPS) is 13.5. The molecule has 0 saturated heterocycles. The van der Waals surface area contributed by atoms with Crippen LogP contribution in [0.5, 0.6) is 0 Å². The molecule has 0 fully saturated rings. The standard InChI is InChI=1S/C37H44N3/c1-6-39(7-2)34-22-19-31(20-23-34)37(30-15-13-28(3)14-16-30)33-21-24-36-32(27-33)18-17-29-11-8-9-12-35(29)40(36)26-10-25-38(4)5/h8-9,11-16,19-24,27H,6-7,10,17-18,25-26H2,1-5H3/q+1. The number of nitrogens with zero attached hydrogens (tertiary/aromatic N) is 3. The number of para-hydroxylation sites is 1. The van der Waals surface area contributed by atoms with Crippen LogP contribution in [0.2, 0.25) is 0 Å². The number of anilines is 1. The highest BCUT2D eigenvalue weighted by atomic mass is 15.1. The fourth-order valence-corrected chi connectivity index (χ4v) is 6.02. The average molecular weight is 531 g/mol. The molecule has 40 heavy (non-hydrogen) atoms. The number of benzene rings is 4. The first-order valence-corrected chi connectivity index (χ1v) is 14.9. The minimum Gasteiger partial charge on any atom is -0.372 e. The van der Waals surface area contributed by atoms with Crippen LogP contribution < -0.4 is 20.1 Å². The minimum absolute atomic E-state index is 1.02. The first kappa shape index (κ1) is 27.9. The fourth-order valence-electron chi connectivity index (χ4n) is 6.02. The van der Waals surface area contributed by atoms with E-state index in [-0.39, 0.29) is 0 Å². The van der Waals surface area contributed by atoms with E-state index in [1.54, 1.807) is 0 Å². The second-order valence-corrected chi connectivity index (χ2v) is 11.2. The van der Waals surface area contributed by atoms with Crippen LogP contribution in [-0.2, 0) is 12.8 Å². The molecule has 3 heteroatoms. The summed E-state index contributed by atoms with van der Waals surface area (Å²) < 4.78 is 2.56. The molecular weight excluding hydrogens is 486 g/mol. The first-order valence-electron chi connectivity index (χ1n) is 14.9. The smallest absolute Gasteiger partial charge is 0.208 e. The van der Waals surface area contributed by atoms with E-state index in [1.165, 1.54) is 55.3 Å². The molecule has 4 aromatic rings. The zero-order valence-corrected chi connectivity index (χ0v) is 25.0. The highest BCUT2D eigenvalue weighted by molar-refractivity contribution is 5.80. The van der Waals surface area contributed by atoms with E-state index in [9.17, 15) is 0 Å². The first-order chi connectivity index (χ1) is 19.5. The predicted molar refractivity (Wildman–Crippen MR) is 171 cm³/mol. The van der Waals surface area contributed by atoms with Crippen molar-refractivity contribution in [1.82, 2.24) is 9.48 Å². The molecule has 0 atom stereocenters. The Morgan fingerprint density at radius 2 is 1.40 bits per heavy atom. The molecule has 0 spiro atoms. The third-order valence-electron chi connectivity index (χ3n) is 8.22. The Bertz CT molecular complexity index is 1560. The molecule has 0 amide bonds. The number of rotatable bonds is 9. The SMILES string of the molecule is CCN(CC)c1ccc(/C(c2ccc(C)cc2)=c2/ccc3c(c2)CCc2ccccc2[N+]=3CCCN(C)C)cc1. The fraction of sp³-hybridized carbons (Fsp3) is 0.324. The van der Waals surface area contributed by atoms with Crippen molar-refractivity contribution in [1.29, 1.82) is 0 Å². The Hall–Kier alpha value is -3.69. The summed E-state index contributed by atoms with van der Waals surface area (Å²) in [6, 6.07) is 34.3. The van der Waals surface area contributed by atoms with E-state index in [2.05, 4.69) is 140 Å². The Balaban J connectivity index is 1.70. The summed E-state index contributed by atoms with van der Waals surface area (Å²) in [5.74, 6) is 0. The molecule has 0 aromatic heterocycles. The predicted octanol–water partition coefficient (Wildman–Crippen LogP) is 5.96. The van der Waals surface area contributed by atoms with E-state index in [4.69, 9.17) is 0 Å². The van der Waals surface area contributed by atoms with Gasteiger partial charge in [-0.1, -0.05) is 60.2 Å². The third-order valence-corrected chi connectivity index (χ3v) is 8.22. The average Bonchev–Trinajstić information content (AvgIpc) is 3.12. The van der Waals surface area contributed by atoms with Gasteiger partial charge in [0.1, 0.15) is 0 Å². The second-order valence-electron chi connectivity index (χ2n) is 11.2. The van der Waals surface area contributed by atoms with Crippen molar-refractivity contribution in [2.24, 2.45) is 0 Å². The zero-order chi connectivity index (χ0) is 28.1. The summed E-state index contributed by atoms with van der Waals surface area (Å²) in [4.78, 5) is 4.68. The molecule has 0 radical (unpaired) electrons. The van der Waals surface area contributed by atoms with Gasteiger partial charge >= 0.3 is 0 Å². The van der Waals surface area contributed by atoms with E-state index < -0.39 is 0 Å². The Morgan fingerprint density at radius 3 is 2.08 bits per heavy atom. The molecule has 0 N–H and O–H groups in total. The van der Waals surface area contributed by atoms with Crippen LogP contribution in [0.25, 0.3) is 5.57 Å². The maximum atomic E-state index is 2.56. The van der Waals surface area contributed by atoms with Gasteiger partial charge in [0.2, 0.25) is 11.0 Å². The van der Waals surface area contributed by atoms with Crippen LogP contribution in [0.1, 0.15) is 48.1 Å². The van der Waals surface area contributed by atoms with Crippen molar-refractivity contribution in [3.8, 4) is 0 Å². The van der Waals surface area contributed by atoms with E-state index in [0.717, 1.165) is 45.4 Å². The lowest BCUT2D eigenvalue weighted by atomic mass is 9.93. The molecule has 3 nitrogen and oxygen atoms in total. The quantitative estimate of drug-likeness (QED) is 0.247. The van der Waals surface area contributed by atoms with Gasteiger partial charge in [-0.3, -0.25) is 0 Å². The maximum absolute atomic E-state index is 2.56. The summed E-state index contributed by atoms with van der Waals surface area (Å²) in [7, 11) is 4.32. The van der Waals surface area contributed by atoms with Crippen LogP contribution in [0.3, 0.4) is 0 Å². The largest absolute Gasteiger partial charge is 0.372 e. The highest BCUT2D eigenvalue weighted by Crippen LogP contribution is 2.25. The summed E-state index contributed by atoms with van der Waals surface area (Å²) >= 11 is 0. The van der Waals surface area contributed by atoms with Gasteiger partial charge in [-0.15, -0.1) is 0 Å². The minimum atomic E-state index is 1.02. The van der Waals surface area contributed by atoms with Gasteiger partial charge in [0, 0.05) is 55.0 Å². The topological polar surface area (TPSA) is 9.49 Å². The molecule has 0 aliphatic carbocycles. The van der Waals surface area contributed by atoms with Gasteiger partial charge in [0.05, 0.1) is 0 Å². The van der Waals surface area contributed by atoms with Crippen molar-refractivity contribution in [2.45, 2.75) is 40.0 Å². The number of hydrogen-bond donors (Lipinski definition) is 0. The molecular formula is C37H44N3+. The van der Waals surface area contributed by atoms with Gasteiger partial charge < -0.3 is 9.80 Å². The summed E-state index contributed by atoms with van der Waals surface area (Å²) in [5, 5.41) is 2.64. The van der Waals surface area contributed by atoms with Crippen molar-refractivity contribution >= 4 is 16.9 Å². The second kappa shape index (κ2) is 12.7. The monoisotopic (exact) mass is 530 g/mol. The number of fused-ring (bicyclic) bond motifs is 2. The summed E-state index contributed by atoms with van der Waals surface area (Å²) in [5.41, 5.74) is 10.6. The van der Waals surface area contributed by atoms with Gasteiger partial charge in [0.25, 0.3) is 0 Å². The van der Waals surface area contributed by atoms with E-state index >= 15 is 0 Å². The lowest BCUT2D eigenvalue weighted by Crippen LogP contribution is -2.31. The summed E-state index contributed by atoms with van der Waals surface area (Å²) in [6.07, 6.45) is 3.24. The number of hydrogen-bond acceptors (Lipinski definition) is 2. The Kier molecular flexibility index (Phi) is 8.81. The molecule has 1 aliphatic heterocycles. The van der Waals surface area contributed by atoms with E-state index in [0.29, 0.717) is 0 Å². The van der Waals surface area contributed by atoms with Gasteiger partial charge in [-0.25, -0.2) is 0 Å². The van der Waals surface area contributed by atoms with Crippen LogP contribution in [0, 0.1) is 6.92 Å². The molecule has 5 rings (SSSR count). The van der Waals surface area contributed by atoms with Crippen molar-refractivity contribution in [3.05, 3.63) is 129 Å². The van der Waals surface area contributed by atoms with Crippen molar-refractivity contribution < 1.29 is 0 Å². The molecule has 206 valence electrons. The van der Waals surface area contributed by atoms with Gasteiger partial charge in [-0.2, -0.15) is 4.58 Å². The Labute approximate surface area is 240 Å². The maximum Gasteiger partial charge on any atom is 0.208 e. The van der Waals surface area contributed by atoms with Crippen LogP contribution in [-0.4, -0.2) is 45.2 Å². The molecule has 0 unspecified atom stereocenters. The lowest BCUT2D eigenvalue weighted by molar-refractivity contribution is 0.394. The third kappa shape index (κ3) is 6.05. The van der Waals surface area contributed by atoms with Crippen LogP contribution in [0.15, 0.2) is 91.0 Å². The van der Waals surface area contributed by atoms with Gasteiger partial charge in [0.15, 0.2) is 6.54 Å². The summed E-state index contributed by atoms with van der Waals surface area (Å²) in [6.45, 7) is 10.7. The molecule has 0 bridgehead atoms. The zero-order valence-electron chi connectivity index (χ0n) is 25.0. The van der Waals surface area contributed by atoms with Crippen molar-refractivity contribution in [3.63, 3.8) is 0 Å². The van der Waals surface area contributed by atoms with Gasteiger partial charge in [-0.05, 0) is 93.9 Å². The molecule has 1 heterocycles. The van der Waals surface area contributed by atoms with Crippen LogP contribution in [0.4, 0.5) is 11.4 Å². The molecule has 0 saturated carbocycles. The number of aryl methyl sites for hydroxylation is 3. The highest BCUT2D eigenvalue weighted by Gasteiger charge is 2.21.